The zero-order chi connectivity index (χ0) is 55.5. The summed E-state index contributed by atoms with van der Waals surface area (Å²) in [6, 6.07) is 0. The van der Waals surface area contributed by atoms with Gasteiger partial charge in [-0.05, 0) is 109 Å². The first-order valence-electron chi connectivity index (χ1n) is 29.8. The molecule has 0 saturated heterocycles. The van der Waals surface area contributed by atoms with Gasteiger partial charge in [0.2, 0.25) is 0 Å². The van der Waals surface area contributed by atoms with Crippen molar-refractivity contribution in [3.8, 4) is 0 Å². The average Bonchev–Trinajstić information content (AvgIpc) is 3.41. The van der Waals surface area contributed by atoms with E-state index in [1.165, 1.54) is 70.6 Å². The molecular formula is C64H107O11P. The molecule has 0 aromatic rings. The SMILES string of the molecule is CC/C=C\C/C=C\C/C=C\C/C=C\C/C=C\CC(=O)OCC(COP(=O)(O)OCC(CO)OC(=O)CCCCCCC/C=C\C/C=C\CCCCC)OC(=O)CCCCCCCCCCC/C=C\C/C=C\CCCCC. The van der Waals surface area contributed by atoms with Gasteiger partial charge in [-0.25, -0.2) is 4.57 Å². The van der Waals surface area contributed by atoms with Crippen LogP contribution in [0.2, 0.25) is 0 Å². The molecule has 0 spiro atoms. The van der Waals surface area contributed by atoms with E-state index in [1.54, 1.807) is 6.08 Å². The van der Waals surface area contributed by atoms with Crippen molar-refractivity contribution in [3.05, 3.63) is 109 Å². The summed E-state index contributed by atoms with van der Waals surface area (Å²) >= 11 is 0. The van der Waals surface area contributed by atoms with Gasteiger partial charge in [-0.3, -0.25) is 23.4 Å². The minimum absolute atomic E-state index is 0.0117. The van der Waals surface area contributed by atoms with Crippen LogP contribution in [0.15, 0.2) is 109 Å². The Balaban J connectivity index is 4.83. The van der Waals surface area contributed by atoms with Crippen LogP contribution in [0.1, 0.15) is 239 Å². The molecule has 3 atom stereocenters. The predicted molar refractivity (Wildman–Crippen MR) is 316 cm³/mol. The second-order valence-electron chi connectivity index (χ2n) is 19.4. The molecule has 0 radical (unpaired) electrons. The van der Waals surface area contributed by atoms with Gasteiger partial charge in [0.05, 0.1) is 26.2 Å². The van der Waals surface area contributed by atoms with Gasteiger partial charge in [0, 0.05) is 12.8 Å². The lowest BCUT2D eigenvalue weighted by Gasteiger charge is -2.21. The lowest BCUT2D eigenvalue weighted by molar-refractivity contribution is -0.161. The highest BCUT2D eigenvalue weighted by atomic mass is 31.2. The Hall–Kier alpha value is -3.86. The van der Waals surface area contributed by atoms with Crippen molar-refractivity contribution >= 4 is 25.7 Å². The molecule has 0 aromatic carbocycles. The van der Waals surface area contributed by atoms with Gasteiger partial charge in [0.1, 0.15) is 12.7 Å². The van der Waals surface area contributed by atoms with E-state index in [2.05, 4.69) is 112 Å². The molecular weight excluding hydrogens is 976 g/mol. The third kappa shape index (κ3) is 54.9. The molecule has 11 nitrogen and oxygen atoms in total. The number of unbranched alkanes of at least 4 members (excludes halogenated alkanes) is 20. The van der Waals surface area contributed by atoms with Crippen molar-refractivity contribution in [2.75, 3.05) is 26.4 Å². The average molecular weight is 1080 g/mol. The number of hydrogen-bond donors (Lipinski definition) is 2. The minimum Gasteiger partial charge on any atom is -0.461 e. The summed E-state index contributed by atoms with van der Waals surface area (Å²) in [5.74, 6) is -1.64. The standard InChI is InChI=1S/C64H107O11P/c1-4-7-10-13-16-19-22-25-28-29-30-31-34-37-40-43-46-49-52-55-64(68)75-61(57-71-62(66)53-50-47-44-41-38-35-32-26-23-20-17-14-11-8-5-2)59-73-76(69,70)72-58-60(56-65)74-63(67)54-51-48-45-42-39-36-33-27-24-21-18-15-12-9-6-3/h8,11,16-21,25-28,32-33,38,41,47,50,60-61,65H,4-7,9-10,12-15,22-24,29-31,34-37,39-40,42-46,48-49,51-59H2,1-3H3,(H,69,70)/b11-8-,19-16-,20-17-,21-18-,28-25-,32-26-,33-27-,41-38-,50-47-. The number of allylic oxidation sites excluding steroid dienone is 17. The van der Waals surface area contributed by atoms with Crippen LogP contribution in [-0.2, 0) is 42.2 Å². The summed E-state index contributed by atoms with van der Waals surface area (Å²) in [6.45, 7) is 4.35. The van der Waals surface area contributed by atoms with Gasteiger partial charge in [0.15, 0.2) is 6.10 Å². The van der Waals surface area contributed by atoms with Crippen molar-refractivity contribution < 1.29 is 52.2 Å². The van der Waals surface area contributed by atoms with E-state index in [4.69, 9.17) is 23.3 Å². The first-order chi connectivity index (χ1) is 37.2. The van der Waals surface area contributed by atoms with Gasteiger partial charge in [0.25, 0.3) is 0 Å². The number of phosphoric acid groups is 1. The fourth-order valence-electron chi connectivity index (χ4n) is 7.67. The summed E-state index contributed by atoms with van der Waals surface area (Å²) in [6.07, 6.45) is 69.3. The summed E-state index contributed by atoms with van der Waals surface area (Å²) in [7, 11) is -4.78. The minimum atomic E-state index is -4.78. The van der Waals surface area contributed by atoms with E-state index >= 15 is 0 Å². The largest absolute Gasteiger partial charge is 0.472 e. The van der Waals surface area contributed by atoms with E-state index in [-0.39, 0.29) is 19.3 Å². The third-order valence-corrected chi connectivity index (χ3v) is 13.1. The van der Waals surface area contributed by atoms with Crippen molar-refractivity contribution in [1.82, 2.24) is 0 Å². The number of esters is 3. The molecule has 0 fully saturated rings. The lowest BCUT2D eigenvalue weighted by Crippen LogP contribution is -2.30. The molecule has 3 unspecified atom stereocenters. The highest BCUT2D eigenvalue weighted by Crippen LogP contribution is 2.43. The zero-order valence-electron chi connectivity index (χ0n) is 47.9. The topological polar surface area (TPSA) is 155 Å². The number of phosphoric ester groups is 1. The van der Waals surface area contributed by atoms with Crippen LogP contribution in [0.25, 0.3) is 0 Å². The Morgan fingerprint density at radius 2 is 0.724 bits per heavy atom. The van der Waals surface area contributed by atoms with Gasteiger partial charge >= 0.3 is 25.7 Å². The molecule has 0 rings (SSSR count). The first kappa shape index (κ1) is 72.1. The second-order valence-corrected chi connectivity index (χ2v) is 20.9. The van der Waals surface area contributed by atoms with Gasteiger partial charge < -0.3 is 24.2 Å². The molecule has 434 valence electrons. The predicted octanol–water partition coefficient (Wildman–Crippen LogP) is 17.8. The first-order valence-corrected chi connectivity index (χ1v) is 31.3. The van der Waals surface area contributed by atoms with Crippen molar-refractivity contribution in [2.45, 2.75) is 251 Å². The number of aliphatic hydroxyl groups excluding tert-OH is 1. The van der Waals surface area contributed by atoms with Crippen LogP contribution < -0.4 is 0 Å². The van der Waals surface area contributed by atoms with Crippen molar-refractivity contribution in [3.63, 3.8) is 0 Å². The van der Waals surface area contributed by atoms with E-state index < -0.39 is 64.4 Å². The normalized spacial score (nSPS) is 14.1. The number of aliphatic hydroxyl groups is 1. The zero-order valence-corrected chi connectivity index (χ0v) is 48.8. The van der Waals surface area contributed by atoms with E-state index in [1.807, 2.05) is 12.2 Å². The monoisotopic (exact) mass is 1080 g/mol. The molecule has 0 bridgehead atoms. The van der Waals surface area contributed by atoms with Crippen LogP contribution >= 0.6 is 7.82 Å². The van der Waals surface area contributed by atoms with Gasteiger partial charge in [-0.15, -0.1) is 0 Å². The highest BCUT2D eigenvalue weighted by molar-refractivity contribution is 7.47. The Morgan fingerprint density at radius 1 is 0.395 bits per heavy atom. The summed E-state index contributed by atoms with van der Waals surface area (Å²) in [5, 5.41) is 9.82. The van der Waals surface area contributed by atoms with Crippen LogP contribution in [0.3, 0.4) is 0 Å². The number of rotatable bonds is 54. The molecule has 2 N–H and O–H groups in total. The maximum atomic E-state index is 12.9. The molecule has 0 aliphatic rings. The van der Waals surface area contributed by atoms with Crippen LogP contribution in [0.4, 0.5) is 0 Å². The highest BCUT2D eigenvalue weighted by Gasteiger charge is 2.28. The summed E-state index contributed by atoms with van der Waals surface area (Å²) in [4.78, 5) is 48.5. The summed E-state index contributed by atoms with van der Waals surface area (Å²) < 4.78 is 39.4. The van der Waals surface area contributed by atoms with E-state index in [0.29, 0.717) is 19.3 Å². The molecule has 0 aromatic heterocycles. The molecule has 0 heterocycles. The molecule has 0 saturated carbocycles. The Labute approximate surface area is 463 Å². The number of carbonyl (C=O) groups excluding carboxylic acids is 3. The van der Waals surface area contributed by atoms with Crippen LogP contribution in [0, 0.1) is 0 Å². The molecule has 0 amide bonds. The smallest absolute Gasteiger partial charge is 0.461 e. The van der Waals surface area contributed by atoms with Crippen LogP contribution in [0.5, 0.6) is 0 Å². The van der Waals surface area contributed by atoms with Gasteiger partial charge in [-0.2, -0.15) is 0 Å². The van der Waals surface area contributed by atoms with Crippen molar-refractivity contribution in [1.29, 1.82) is 0 Å². The maximum Gasteiger partial charge on any atom is 0.472 e. The fourth-order valence-corrected chi connectivity index (χ4v) is 8.45. The molecule has 12 heteroatoms. The van der Waals surface area contributed by atoms with Crippen LogP contribution in [-0.4, -0.2) is 66.5 Å². The van der Waals surface area contributed by atoms with E-state index in [9.17, 15) is 28.9 Å². The van der Waals surface area contributed by atoms with E-state index in [0.717, 1.165) is 109 Å². The molecule has 0 aliphatic carbocycles. The second kappa shape index (κ2) is 57.3. The number of carbonyl (C=O) groups is 3. The number of hydrogen-bond acceptors (Lipinski definition) is 10. The Morgan fingerprint density at radius 3 is 1.12 bits per heavy atom. The Kier molecular flexibility index (Phi) is 54.4. The quantitative estimate of drug-likeness (QED) is 0.0197. The number of ether oxygens (including phenoxy) is 3. The van der Waals surface area contributed by atoms with Gasteiger partial charge in [-0.1, -0.05) is 220 Å². The summed E-state index contributed by atoms with van der Waals surface area (Å²) in [5.41, 5.74) is 0. The fraction of sp³-hybridized carbons (Fsp3) is 0.672. The third-order valence-electron chi connectivity index (χ3n) is 12.2. The maximum absolute atomic E-state index is 12.9. The Bertz CT molecular complexity index is 1690. The molecule has 76 heavy (non-hydrogen) atoms. The van der Waals surface area contributed by atoms with Crippen molar-refractivity contribution in [2.24, 2.45) is 0 Å². The lowest BCUT2D eigenvalue weighted by atomic mass is 10.1. The molecule has 0 aliphatic heterocycles.